The van der Waals surface area contributed by atoms with E-state index < -0.39 is 0 Å². The summed E-state index contributed by atoms with van der Waals surface area (Å²) in [4.78, 5) is 13.5. The fourth-order valence-corrected chi connectivity index (χ4v) is 2.47. The van der Waals surface area contributed by atoms with Crippen LogP contribution in [0.2, 0.25) is 5.02 Å². The molecule has 23 heavy (non-hydrogen) atoms. The van der Waals surface area contributed by atoms with Crippen molar-refractivity contribution < 1.29 is 5.11 Å². The van der Waals surface area contributed by atoms with Crippen LogP contribution in [0.15, 0.2) is 41.3 Å². The van der Waals surface area contributed by atoms with Gasteiger partial charge in [0.15, 0.2) is 5.75 Å². The lowest BCUT2D eigenvalue weighted by Gasteiger charge is -2.21. The molecule has 1 N–H and O–H groups in total. The van der Waals surface area contributed by atoms with Crippen molar-refractivity contribution in [2.24, 2.45) is 0 Å². The molecule has 0 radical (unpaired) electrons. The Labute approximate surface area is 140 Å². The summed E-state index contributed by atoms with van der Waals surface area (Å²) in [5.74, 6) is 2.46. The maximum Gasteiger partial charge on any atom is 0.223 e. The van der Waals surface area contributed by atoms with E-state index in [4.69, 9.17) is 18.0 Å². The predicted octanol–water partition coefficient (Wildman–Crippen LogP) is 2.65. The van der Waals surface area contributed by atoms with E-state index in [1.54, 1.807) is 13.1 Å². The quantitative estimate of drug-likeness (QED) is 0.828. The lowest BCUT2D eigenvalue weighted by atomic mass is 10.2. The van der Waals surface area contributed by atoms with Crippen LogP contribution in [-0.2, 0) is 13.1 Å². The second kappa shape index (κ2) is 7.87. The Morgan fingerprint density at radius 1 is 1.30 bits per heavy atom. The largest absolute Gasteiger partial charge is 0.503 e. The van der Waals surface area contributed by atoms with Crippen molar-refractivity contribution in [3.63, 3.8) is 0 Å². The van der Waals surface area contributed by atoms with Crippen LogP contribution in [0.4, 0.5) is 0 Å². The van der Waals surface area contributed by atoms with Gasteiger partial charge in [-0.25, -0.2) is 0 Å². The number of hydrogen-bond acceptors (Lipinski definition) is 3. The van der Waals surface area contributed by atoms with Crippen LogP contribution in [0.25, 0.3) is 0 Å². The molecule has 0 spiro atoms. The van der Waals surface area contributed by atoms with E-state index in [-0.39, 0.29) is 11.2 Å². The maximum absolute atomic E-state index is 11.4. The summed E-state index contributed by atoms with van der Waals surface area (Å²) in [6.07, 6.45) is 7.14. The van der Waals surface area contributed by atoms with Crippen LogP contribution in [0, 0.1) is 19.3 Å². The third-order valence-corrected chi connectivity index (χ3v) is 3.96. The van der Waals surface area contributed by atoms with E-state index in [2.05, 4.69) is 10.8 Å². The van der Waals surface area contributed by atoms with Crippen molar-refractivity contribution in [3.05, 3.63) is 63.0 Å². The fraction of sp³-hybridized carbons (Fsp3) is 0.278. The fourth-order valence-electron chi connectivity index (χ4n) is 2.35. The molecule has 2 aromatic rings. The SMILES string of the molecule is C#CCN(CCn1ccc(=O)c(O)c1C)Cc1ccc(Cl)cc1. The van der Waals surface area contributed by atoms with Crippen molar-refractivity contribution >= 4 is 11.6 Å². The number of rotatable bonds is 6. The highest BCUT2D eigenvalue weighted by atomic mass is 35.5. The number of terminal acetylenes is 1. The molecule has 0 aliphatic heterocycles. The molecule has 2 rings (SSSR count). The minimum Gasteiger partial charge on any atom is -0.503 e. The summed E-state index contributed by atoms with van der Waals surface area (Å²) < 4.78 is 1.85. The van der Waals surface area contributed by atoms with E-state index in [1.807, 2.05) is 28.8 Å². The first-order valence-corrected chi connectivity index (χ1v) is 7.68. The van der Waals surface area contributed by atoms with Crippen LogP contribution in [0.1, 0.15) is 11.3 Å². The topological polar surface area (TPSA) is 45.5 Å². The predicted molar refractivity (Wildman–Crippen MR) is 92.7 cm³/mol. The van der Waals surface area contributed by atoms with Crippen LogP contribution in [0.5, 0.6) is 5.75 Å². The zero-order chi connectivity index (χ0) is 16.8. The summed E-state index contributed by atoms with van der Waals surface area (Å²) in [7, 11) is 0. The highest BCUT2D eigenvalue weighted by Crippen LogP contribution is 2.12. The van der Waals surface area contributed by atoms with Crippen LogP contribution in [0.3, 0.4) is 0 Å². The Balaban J connectivity index is 2.05. The first-order chi connectivity index (χ1) is 11.0. The Kier molecular flexibility index (Phi) is 5.86. The molecule has 0 aliphatic rings. The zero-order valence-corrected chi connectivity index (χ0v) is 13.8. The molecular formula is C18H19ClN2O2. The summed E-state index contributed by atoms with van der Waals surface area (Å²) >= 11 is 5.90. The van der Waals surface area contributed by atoms with E-state index in [9.17, 15) is 9.90 Å². The van der Waals surface area contributed by atoms with Crippen molar-refractivity contribution in [1.82, 2.24) is 9.47 Å². The van der Waals surface area contributed by atoms with Gasteiger partial charge >= 0.3 is 0 Å². The van der Waals surface area contributed by atoms with Gasteiger partial charge < -0.3 is 9.67 Å². The summed E-state index contributed by atoms with van der Waals surface area (Å²) in [5.41, 5.74) is 1.33. The van der Waals surface area contributed by atoms with Gasteiger partial charge in [-0.15, -0.1) is 6.42 Å². The number of pyridine rings is 1. The Hall–Kier alpha value is -2.22. The van der Waals surface area contributed by atoms with Gasteiger partial charge in [0, 0.05) is 36.9 Å². The lowest BCUT2D eigenvalue weighted by molar-refractivity contribution is 0.283. The molecule has 1 heterocycles. The first kappa shape index (κ1) is 17.1. The molecule has 0 bridgehead atoms. The van der Waals surface area contributed by atoms with Gasteiger partial charge in [-0.1, -0.05) is 29.7 Å². The Morgan fingerprint density at radius 3 is 2.65 bits per heavy atom. The Morgan fingerprint density at radius 2 is 2.00 bits per heavy atom. The maximum atomic E-state index is 11.4. The van der Waals surface area contributed by atoms with E-state index in [0.717, 1.165) is 5.56 Å². The molecule has 5 heteroatoms. The highest BCUT2D eigenvalue weighted by Gasteiger charge is 2.08. The number of aromatic hydroxyl groups is 1. The molecule has 0 amide bonds. The average molecular weight is 331 g/mol. The summed E-state index contributed by atoms with van der Waals surface area (Å²) in [6, 6.07) is 9.03. The average Bonchev–Trinajstić information content (AvgIpc) is 2.54. The smallest absolute Gasteiger partial charge is 0.223 e. The van der Waals surface area contributed by atoms with Crippen molar-refractivity contribution in [2.45, 2.75) is 20.0 Å². The molecule has 0 unspecified atom stereocenters. The molecule has 0 atom stereocenters. The molecule has 0 saturated heterocycles. The molecule has 0 saturated carbocycles. The van der Waals surface area contributed by atoms with Gasteiger partial charge in [-0.05, 0) is 24.6 Å². The van der Waals surface area contributed by atoms with Crippen LogP contribution < -0.4 is 5.43 Å². The lowest BCUT2D eigenvalue weighted by Crippen LogP contribution is -2.28. The molecular weight excluding hydrogens is 312 g/mol. The minimum atomic E-state index is -0.361. The van der Waals surface area contributed by atoms with Crippen molar-refractivity contribution in [1.29, 1.82) is 0 Å². The standard InChI is InChI=1S/C18H19ClN2O2/c1-3-9-20(13-15-4-6-16(19)7-5-15)11-12-21-10-8-17(22)18(23)14(21)2/h1,4-8,10,23H,9,11-13H2,2H3. The van der Waals surface area contributed by atoms with Gasteiger partial charge in [0.25, 0.3) is 0 Å². The molecule has 1 aromatic heterocycles. The van der Waals surface area contributed by atoms with Gasteiger partial charge in [0.1, 0.15) is 0 Å². The highest BCUT2D eigenvalue weighted by molar-refractivity contribution is 6.30. The third kappa shape index (κ3) is 4.62. The van der Waals surface area contributed by atoms with Crippen LogP contribution in [-0.4, -0.2) is 27.7 Å². The van der Waals surface area contributed by atoms with Gasteiger partial charge in [-0.3, -0.25) is 9.69 Å². The molecule has 0 aliphatic carbocycles. The van der Waals surface area contributed by atoms with Crippen LogP contribution >= 0.6 is 11.6 Å². The third-order valence-electron chi connectivity index (χ3n) is 3.70. The molecule has 1 aromatic carbocycles. The number of benzene rings is 1. The summed E-state index contributed by atoms with van der Waals surface area (Å²) in [5, 5.41) is 10.4. The minimum absolute atomic E-state index is 0.200. The second-order valence-electron chi connectivity index (χ2n) is 5.35. The number of halogens is 1. The normalized spacial score (nSPS) is 10.7. The Bertz CT molecular complexity index is 760. The summed E-state index contributed by atoms with van der Waals surface area (Å²) in [6.45, 7) is 4.30. The molecule has 4 nitrogen and oxygen atoms in total. The number of nitrogens with zero attached hydrogens (tertiary/aromatic N) is 2. The first-order valence-electron chi connectivity index (χ1n) is 7.30. The van der Waals surface area contributed by atoms with Crippen molar-refractivity contribution in [3.8, 4) is 18.1 Å². The number of aromatic nitrogens is 1. The molecule has 0 fully saturated rings. The van der Waals surface area contributed by atoms with E-state index in [0.29, 0.717) is 36.9 Å². The van der Waals surface area contributed by atoms with Gasteiger partial charge in [0.05, 0.1) is 12.2 Å². The van der Waals surface area contributed by atoms with Gasteiger partial charge in [0.2, 0.25) is 5.43 Å². The van der Waals surface area contributed by atoms with E-state index >= 15 is 0 Å². The number of hydrogen-bond donors (Lipinski definition) is 1. The monoisotopic (exact) mass is 330 g/mol. The second-order valence-corrected chi connectivity index (χ2v) is 5.79. The van der Waals surface area contributed by atoms with E-state index in [1.165, 1.54) is 6.07 Å². The van der Waals surface area contributed by atoms with Gasteiger partial charge in [-0.2, -0.15) is 0 Å². The zero-order valence-electron chi connectivity index (χ0n) is 13.0. The molecule has 120 valence electrons. The van der Waals surface area contributed by atoms with Crippen molar-refractivity contribution in [2.75, 3.05) is 13.1 Å².